The molecule has 19 heavy (non-hydrogen) atoms. The summed E-state index contributed by atoms with van der Waals surface area (Å²) >= 11 is 0. The molecular formula is C16H16O3. The molecule has 2 rings (SSSR count). The largest absolute Gasteiger partial charge is 0.491 e. The standard InChI is InChI=1S/C16H16O3/c17-12-14-6-8-16(9-7-14)19-11-10-18-13-15-4-2-1-3-5-15/h1-9,12H,10-11,13H2. The molecule has 0 aliphatic heterocycles. The molecule has 0 radical (unpaired) electrons. The van der Waals surface area contributed by atoms with E-state index < -0.39 is 0 Å². The third-order valence-corrected chi connectivity index (χ3v) is 2.62. The van der Waals surface area contributed by atoms with Gasteiger partial charge in [-0.1, -0.05) is 30.3 Å². The van der Waals surface area contributed by atoms with Gasteiger partial charge in [-0.2, -0.15) is 0 Å². The summed E-state index contributed by atoms with van der Waals surface area (Å²) in [6.07, 6.45) is 0.812. The molecule has 0 aliphatic rings. The van der Waals surface area contributed by atoms with Crippen LogP contribution in [0.15, 0.2) is 54.6 Å². The summed E-state index contributed by atoms with van der Waals surface area (Å²) in [6.45, 7) is 1.62. The second kappa shape index (κ2) is 7.34. The third kappa shape index (κ3) is 4.56. The SMILES string of the molecule is O=Cc1ccc(OCCOCc2ccccc2)cc1. The average molecular weight is 256 g/mol. The Morgan fingerprint density at radius 2 is 1.63 bits per heavy atom. The number of carbonyl (C=O) groups excluding carboxylic acids is 1. The zero-order valence-electron chi connectivity index (χ0n) is 10.6. The van der Waals surface area contributed by atoms with Crippen molar-refractivity contribution >= 4 is 6.29 Å². The molecule has 0 fully saturated rings. The molecule has 0 heterocycles. The maximum absolute atomic E-state index is 10.5. The van der Waals surface area contributed by atoms with Crippen LogP contribution in [-0.4, -0.2) is 19.5 Å². The molecule has 0 atom stereocenters. The minimum atomic E-state index is 0.493. The Bertz CT molecular complexity index is 491. The van der Waals surface area contributed by atoms with E-state index in [0.29, 0.717) is 25.4 Å². The molecule has 0 aromatic heterocycles. The summed E-state index contributed by atoms with van der Waals surface area (Å²) in [5.74, 6) is 0.744. The van der Waals surface area contributed by atoms with Gasteiger partial charge in [0, 0.05) is 5.56 Å². The molecular weight excluding hydrogens is 240 g/mol. The number of aldehydes is 1. The third-order valence-electron chi connectivity index (χ3n) is 2.62. The van der Waals surface area contributed by atoms with Crippen LogP contribution in [0.4, 0.5) is 0 Å². The predicted octanol–water partition coefficient (Wildman–Crippen LogP) is 3.09. The lowest BCUT2D eigenvalue weighted by Crippen LogP contribution is -2.06. The summed E-state index contributed by atoms with van der Waals surface area (Å²) in [5.41, 5.74) is 1.80. The van der Waals surface area contributed by atoms with Crippen molar-refractivity contribution in [2.24, 2.45) is 0 Å². The van der Waals surface area contributed by atoms with Gasteiger partial charge in [-0.25, -0.2) is 0 Å². The van der Waals surface area contributed by atoms with Crippen LogP contribution in [0.5, 0.6) is 5.75 Å². The Hall–Kier alpha value is -2.13. The van der Waals surface area contributed by atoms with E-state index in [2.05, 4.69) is 0 Å². The molecule has 0 amide bonds. The topological polar surface area (TPSA) is 35.5 Å². The summed E-state index contributed by atoms with van der Waals surface area (Å²) < 4.78 is 11.0. The highest BCUT2D eigenvalue weighted by atomic mass is 16.5. The van der Waals surface area contributed by atoms with Crippen LogP contribution >= 0.6 is 0 Å². The Labute approximate surface area is 112 Å². The smallest absolute Gasteiger partial charge is 0.150 e. The number of rotatable bonds is 7. The van der Waals surface area contributed by atoms with E-state index >= 15 is 0 Å². The van der Waals surface area contributed by atoms with Gasteiger partial charge in [0.15, 0.2) is 0 Å². The van der Waals surface area contributed by atoms with Crippen molar-refractivity contribution in [1.29, 1.82) is 0 Å². The van der Waals surface area contributed by atoms with Gasteiger partial charge < -0.3 is 9.47 Å². The number of benzene rings is 2. The normalized spacial score (nSPS) is 10.1. The minimum Gasteiger partial charge on any atom is -0.491 e. The van der Waals surface area contributed by atoms with Crippen molar-refractivity contribution in [3.63, 3.8) is 0 Å². The van der Waals surface area contributed by atoms with Crippen LogP contribution in [-0.2, 0) is 11.3 Å². The lowest BCUT2D eigenvalue weighted by molar-refractivity contribution is 0.0889. The van der Waals surface area contributed by atoms with E-state index in [0.717, 1.165) is 17.6 Å². The fourth-order valence-corrected chi connectivity index (χ4v) is 1.63. The Balaban J connectivity index is 1.65. The maximum Gasteiger partial charge on any atom is 0.150 e. The zero-order valence-corrected chi connectivity index (χ0v) is 10.6. The molecule has 0 aliphatic carbocycles. The average Bonchev–Trinajstić information content (AvgIpc) is 2.49. The van der Waals surface area contributed by atoms with Crippen molar-refractivity contribution in [1.82, 2.24) is 0 Å². The molecule has 3 heteroatoms. The first-order chi connectivity index (χ1) is 9.38. The molecule has 0 saturated heterocycles. The zero-order chi connectivity index (χ0) is 13.3. The second-order valence-electron chi connectivity index (χ2n) is 4.07. The van der Waals surface area contributed by atoms with E-state index in [1.54, 1.807) is 24.3 Å². The van der Waals surface area contributed by atoms with Crippen LogP contribution in [0.1, 0.15) is 15.9 Å². The number of ether oxygens (including phenoxy) is 2. The monoisotopic (exact) mass is 256 g/mol. The first-order valence-electron chi connectivity index (χ1n) is 6.18. The van der Waals surface area contributed by atoms with Crippen LogP contribution in [0.3, 0.4) is 0 Å². The quantitative estimate of drug-likeness (QED) is 0.564. The number of carbonyl (C=O) groups is 1. The van der Waals surface area contributed by atoms with E-state index in [1.165, 1.54) is 0 Å². The van der Waals surface area contributed by atoms with Crippen LogP contribution < -0.4 is 4.74 Å². The molecule has 0 bridgehead atoms. The lowest BCUT2D eigenvalue weighted by atomic mass is 10.2. The van der Waals surface area contributed by atoms with Crippen LogP contribution in [0.2, 0.25) is 0 Å². The molecule has 0 N–H and O–H groups in total. The van der Waals surface area contributed by atoms with Crippen LogP contribution in [0.25, 0.3) is 0 Å². The van der Waals surface area contributed by atoms with E-state index in [4.69, 9.17) is 9.47 Å². The molecule has 3 nitrogen and oxygen atoms in total. The van der Waals surface area contributed by atoms with Gasteiger partial charge >= 0.3 is 0 Å². The fraction of sp³-hybridized carbons (Fsp3) is 0.188. The minimum absolute atomic E-state index is 0.493. The van der Waals surface area contributed by atoms with Gasteiger partial charge in [0.1, 0.15) is 18.6 Å². The van der Waals surface area contributed by atoms with Crippen molar-refractivity contribution in [3.05, 3.63) is 65.7 Å². The molecule has 98 valence electrons. The maximum atomic E-state index is 10.5. The molecule has 2 aromatic carbocycles. The lowest BCUT2D eigenvalue weighted by Gasteiger charge is -2.07. The highest BCUT2D eigenvalue weighted by Gasteiger charge is 1.95. The van der Waals surface area contributed by atoms with Crippen molar-refractivity contribution in [3.8, 4) is 5.75 Å². The molecule has 2 aromatic rings. The summed E-state index contributed by atoms with van der Waals surface area (Å²) in [6, 6.07) is 17.0. The Morgan fingerprint density at radius 3 is 2.32 bits per heavy atom. The van der Waals surface area contributed by atoms with Crippen LogP contribution in [0, 0.1) is 0 Å². The van der Waals surface area contributed by atoms with E-state index in [-0.39, 0.29) is 0 Å². The van der Waals surface area contributed by atoms with Gasteiger partial charge in [0.25, 0.3) is 0 Å². The Kier molecular flexibility index (Phi) is 5.14. The van der Waals surface area contributed by atoms with Gasteiger partial charge in [-0.05, 0) is 29.8 Å². The van der Waals surface area contributed by atoms with Gasteiger partial charge in [0.2, 0.25) is 0 Å². The van der Waals surface area contributed by atoms with Crippen molar-refractivity contribution in [2.45, 2.75) is 6.61 Å². The summed E-state index contributed by atoms with van der Waals surface area (Å²) in [4.78, 5) is 10.5. The second-order valence-corrected chi connectivity index (χ2v) is 4.07. The fourth-order valence-electron chi connectivity index (χ4n) is 1.63. The van der Waals surface area contributed by atoms with E-state index in [1.807, 2.05) is 30.3 Å². The summed E-state index contributed by atoms with van der Waals surface area (Å²) in [7, 11) is 0. The Morgan fingerprint density at radius 1 is 0.895 bits per heavy atom. The number of hydrogen-bond donors (Lipinski definition) is 0. The van der Waals surface area contributed by atoms with Crippen molar-refractivity contribution in [2.75, 3.05) is 13.2 Å². The first kappa shape index (κ1) is 13.3. The van der Waals surface area contributed by atoms with Gasteiger partial charge in [-0.15, -0.1) is 0 Å². The first-order valence-corrected chi connectivity index (χ1v) is 6.18. The van der Waals surface area contributed by atoms with Crippen molar-refractivity contribution < 1.29 is 14.3 Å². The highest BCUT2D eigenvalue weighted by molar-refractivity contribution is 5.74. The number of hydrogen-bond acceptors (Lipinski definition) is 3. The summed E-state index contributed by atoms with van der Waals surface area (Å²) in [5, 5.41) is 0. The van der Waals surface area contributed by atoms with Gasteiger partial charge in [0.05, 0.1) is 13.2 Å². The van der Waals surface area contributed by atoms with E-state index in [9.17, 15) is 4.79 Å². The predicted molar refractivity (Wildman–Crippen MR) is 73.4 cm³/mol. The molecule has 0 saturated carbocycles. The molecule has 0 unspecified atom stereocenters. The highest BCUT2D eigenvalue weighted by Crippen LogP contribution is 2.10. The van der Waals surface area contributed by atoms with Gasteiger partial charge in [-0.3, -0.25) is 4.79 Å². The molecule has 0 spiro atoms.